The molecule has 10 nitrogen and oxygen atoms in total. The van der Waals surface area contributed by atoms with Gasteiger partial charge < -0.3 is 29.0 Å². The molecule has 3 fully saturated rings. The number of carbonyl (C=O) groups excluding carboxylic acids is 1. The van der Waals surface area contributed by atoms with Crippen molar-refractivity contribution >= 4 is 5.91 Å². The molecule has 5 rings (SSSR count). The molecule has 198 valence electrons. The van der Waals surface area contributed by atoms with Crippen molar-refractivity contribution in [3.05, 3.63) is 24.3 Å². The van der Waals surface area contributed by atoms with Crippen molar-refractivity contribution in [2.45, 2.75) is 51.0 Å². The van der Waals surface area contributed by atoms with E-state index in [9.17, 15) is 4.79 Å². The Hall–Kier alpha value is -2.56. The van der Waals surface area contributed by atoms with Crippen LogP contribution in [0.25, 0.3) is 11.5 Å². The van der Waals surface area contributed by atoms with Crippen LogP contribution in [-0.4, -0.2) is 89.5 Å². The van der Waals surface area contributed by atoms with Crippen LogP contribution in [0.15, 0.2) is 18.6 Å². The smallest absolute Gasteiger partial charge is 0.272 e. The molecular weight excluding hydrogens is 460 g/mol. The molecule has 10 heteroatoms. The van der Waals surface area contributed by atoms with Crippen LogP contribution < -0.4 is 10.1 Å². The maximum atomic E-state index is 13.2. The molecule has 36 heavy (non-hydrogen) atoms. The molecule has 1 N–H and O–H groups in total. The van der Waals surface area contributed by atoms with Crippen LogP contribution >= 0.6 is 0 Å². The minimum atomic E-state index is -0.0800. The molecule has 0 unspecified atom stereocenters. The van der Waals surface area contributed by atoms with Gasteiger partial charge in [-0.2, -0.15) is 4.98 Å². The number of carbonyl (C=O) groups is 1. The fourth-order valence-electron chi connectivity index (χ4n) is 4.74. The second-order valence-corrected chi connectivity index (χ2v) is 9.74. The van der Waals surface area contributed by atoms with E-state index in [1.54, 1.807) is 18.6 Å². The quantitative estimate of drug-likeness (QED) is 0.646. The van der Waals surface area contributed by atoms with Crippen LogP contribution in [0.3, 0.4) is 0 Å². The number of aromatic nitrogens is 4. The van der Waals surface area contributed by atoms with Gasteiger partial charge in [0.2, 0.25) is 5.88 Å². The molecule has 1 aliphatic carbocycles. The molecule has 4 heterocycles. The molecular formula is C26H40N6O4. The largest absolute Gasteiger partial charge is 0.477 e. The van der Waals surface area contributed by atoms with Crippen molar-refractivity contribution in [3.63, 3.8) is 0 Å². The number of ether oxygens (including phenoxy) is 3. The topological polar surface area (TPSA) is 104 Å². The molecule has 1 amide bonds. The van der Waals surface area contributed by atoms with E-state index in [2.05, 4.69) is 20.3 Å². The van der Waals surface area contributed by atoms with Gasteiger partial charge in [-0.25, -0.2) is 9.97 Å². The Morgan fingerprint density at radius 1 is 1.08 bits per heavy atom. The second kappa shape index (κ2) is 13.7. The number of morpholine rings is 1. The lowest BCUT2D eigenvalue weighted by Crippen LogP contribution is -2.38. The lowest BCUT2D eigenvalue weighted by molar-refractivity contribution is 0.0490. The Kier molecular flexibility index (Phi) is 10.1. The van der Waals surface area contributed by atoms with E-state index < -0.39 is 0 Å². The maximum absolute atomic E-state index is 13.2. The second-order valence-electron chi connectivity index (χ2n) is 9.74. The van der Waals surface area contributed by atoms with Crippen molar-refractivity contribution in [1.29, 1.82) is 0 Å². The molecule has 2 saturated heterocycles. The zero-order chi connectivity index (χ0) is 25.2. The Bertz CT molecular complexity index is 940. The van der Waals surface area contributed by atoms with Crippen molar-refractivity contribution in [2.24, 2.45) is 13.0 Å². The SMILES string of the molecule is C1COCCN1.CN(C(=O)c1cc(OCC2CCOCC2)nc(-c2cncn2C)n1)C1CCCCC1. The number of aryl methyl sites for hydroxylation is 1. The van der Waals surface area contributed by atoms with Gasteiger partial charge in [-0.05, 0) is 31.6 Å². The molecule has 0 atom stereocenters. The minimum absolute atomic E-state index is 0.0800. The molecule has 2 aromatic rings. The molecule has 3 aliphatic rings. The summed E-state index contributed by atoms with van der Waals surface area (Å²) >= 11 is 0. The van der Waals surface area contributed by atoms with E-state index in [0.717, 1.165) is 70.9 Å². The van der Waals surface area contributed by atoms with Gasteiger partial charge in [0.15, 0.2) is 5.82 Å². The number of nitrogens with one attached hydrogen (secondary N) is 1. The van der Waals surface area contributed by atoms with Crippen LogP contribution in [0, 0.1) is 5.92 Å². The Labute approximate surface area is 213 Å². The van der Waals surface area contributed by atoms with Gasteiger partial charge in [0.05, 0.1) is 32.3 Å². The highest BCUT2D eigenvalue weighted by Gasteiger charge is 2.26. The van der Waals surface area contributed by atoms with Gasteiger partial charge in [-0.1, -0.05) is 19.3 Å². The van der Waals surface area contributed by atoms with E-state index in [1.807, 2.05) is 23.6 Å². The summed E-state index contributed by atoms with van der Waals surface area (Å²) < 4.78 is 18.3. The first-order chi connectivity index (χ1) is 17.6. The monoisotopic (exact) mass is 500 g/mol. The van der Waals surface area contributed by atoms with Gasteiger partial charge in [0.1, 0.15) is 11.4 Å². The highest BCUT2D eigenvalue weighted by molar-refractivity contribution is 5.93. The molecule has 1 saturated carbocycles. The summed E-state index contributed by atoms with van der Waals surface area (Å²) in [4.78, 5) is 28.4. The highest BCUT2D eigenvalue weighted by Crippen LogP contribution is 2.25. The first kappa shape index (κ1) is 26.5. The average molecular weight is 501 g/mol. The van der Waals surface area contributed by atoms with Crippen LogP contribution in [0.2, 0.25) is 0 Å². The number of amides is 1. The van der Waals surface area contributed by atoms with Crippen molar-refractivity contribution in [1.82, 2.24) is 29.7 Å². The minimum Gasteiger partial charge on any atom is -0.477 e. The number of nitrogens with zero attached hydrogens (tertiary/aromatic N) is 5. The van der Waals surface area contributed by atoms with E-state index in [1.165, 1.54) is 19.3 Å². The van der Waals surface area contributed by atoms with Crippen LogP contribution in [0.1, 0.15) is 55.4 Å². The molecule has 0 aromatic carbocycles. The summed E-state index contributed by atoms with van der Waals surface area (Å²) in [5.41, 5.74) is 1.12. The molecule has 2 aromatic heterocycles. The number of rotatable bonds is 6. The summed E-state index contributed by atoms with van der Waals surface area (Å²) in [7, 11) is 3.77. The summed E-state index contributed by atoms with van der Waals surface area (Å²) in [6, 6.07) is 1.95. The van der Waals surface area contributed by atoms with E-state index in [4.69, 9.17) is 14.2 Å². The van der Waals surface area contributed by atoms with Crippen molar-refractivity contribution in [2.75, 3.05) is 53.2 Å². The fourth-order valence-corrected chi connectivity index (χ4v) is 4.74. The Balaban J connectivity index is 0.000000445. The maximum Gasteiger partial charge on any atom is 0.272 e. The molecule has 0 radical (unpaired) electrons. The predicted molar refractivity (Wildman–Crippen MR) is 136 cm³/mol. The third kappa shape index (κ3) is 7.47. The zero-order valence-electron chi connectivity index (χ0n) is 21.7. The van der Waals surface area contributed by atoms with Gasteiger partial charge >= 0.3 is 0 Å². The van der Waals surface area contributed by atoms with Crippen molar-refractivity contribution in [3.8, 4) is 17.4 Å². The summed E-state index contributed by atoms with van der Waals surface area (Å²) in [5.74, 6) is 1.26. The lowest BCUT2D eigenvalue weighted by Gasteiger charge is -2.31. The molecule has 2 aliphatic heterocycles. The van der Waals surface area contributed by atoms with Gasteiger partial charge in [0.25, 0.3) is 5.91 Å². The number of hydrogen-bond donors (Lipinski definition) is 1. The Morgan fingerprint density at radius 2 is 1.81 bits per heavy atom. The van der Waals surface area contributed by atoms with Crippen LogP contribution in [-0.2, 0) is 16.5 Å². The molecule has 0 spiro atoms. The third-order valence-electron chi connectivity index (χ3n) is 7.06. The van der Waals surface area contributed by atoms with Crippen LogP contribution in [0.4, 0.5) is 0 Å². The Morgan fingerprint density at radius 3 is 2.42 bits per heavy atom. The molecule has 0 bridgehead atoms. The van der Waals surface area contributed by atoms with Crippen molar-refractivity contribution < 1.29 is 19.0 Å². The van der Waals surface area contributed by atoms with E-state index in [0.29, 0.717) is 29.9 Å². The van der Waals surface area contributed by atoms with E-state index >= 15 is 0 Å². The summed E-state index contributed by atoms with van der Waals surface area (Å²) in [6.07, 6.45) is 11.1. The summed E-state index contributed by atoms with van der Waals surface area (Å²) in [5, 5.41) is 3.16. The highest BCUT2D eigenvalue weighted by atomic mass is 16.5. The van der Waals surface area contributed by atoms with Gasteiger partial charge in [-0.15, -0.1) is 0 Å². The predicted octanol–water partition coefficient (Wildman–Crippen LogP) is 2.69. The normalized spacial score (nSPS) is 19.3. The van der Waals surface area contributed by atoms with E-state index in [-0.39, 0.29) is 11.9 Å². The standard InChI is InChI=1S/C22H31N5O3.C4H9NO/c1-26-15-23-13-19(26)21-24-18(22(28)27(2)17-6-4-3-5-7-17)12-20(25-21)30-14-16-8-10-29-11-9-16;1-3-6-4-2-5-1/h12-13,15-17H,3-11,14H2,1-2H3;5H,1-4H2. The fraction of sp³-hybridized carbons (Fsp3) is 0.692. The zero-order valence-corrected chi connectivity index (χ0v) is 21.7. The van der Waals surface area contributed by atoms with Crippen LogP contribution in [0.5, 0.6) is 5.88 Å². The number of imidazole rings is 1. The number of hydrogen-bond acceptors (Lipinski definition) is 8. The van der Waals surface area contributed by atoms with Gasteiger partial charge in [0, 0.05) is 52.5 Å². The van der Waals surface area contributed by atoms with Gasteiger partial charge in [-0.3, -0.25) is 4.79 Å². The average Bonchev–Trinajstić information content (AvgIpc) is 3.39. The summed E-state index contributed by atoms with van der Waals surface area (Å²) in [6.45, 7) is 5.94. The third-order valence-corrected chi connectivity index (χ3v) is 7.06. The lowest BCUT2D eigenvalue weighted by atomic mass is 9.94. The first-order valence-electron chi connectivity index (χ1n) is 13.2. The first-order valence-corrected chi connectivity index (χ1v) is 13.2.